The summed E-state index contributed by atoms with van der Waals surface area (Å²) in [5.41, 5.74) is 15.6. The highest BCUT2D eigenvalue weighted by molar-refractivity contribution is 7.16. The first-order chi connectivity index (χ1) is 15.1. The lowest BCUT2D eigenvalue weighted by atomic mass is 9.86. The van der Waals surface area contributed by atoms with Crippen LogP contribution in [0.4, 0.5) is 11.4 Å². The number of aryl methyl sites for hydroxylation is 1. The van der Waals surface area contributed by atoms with Crippen LogP contribution in [0.15, 0.2) is 60.1 Å². The molecule has 6 heteroatoms. The van der Waals surface area contributed by atoms with Crippen LogP contribution in [0.5, 0.6) is 0 Å². The third kappa shape index (κ3) is 3.65. The quantitative estimate of drug-likeness (QED) is 0.291. The molecule has 152 valence electrons. The lowest BCUT2D eigenvalue weighted by molar-refractivity contribution is 0.600. The summed E-state index contributed by atoms with van der Waals surface area (Å²) in [6.07, 6.45) is 3.10. The smallest absolute Gasteiger partial charge is 0.0991 e. The van der Waals surface area contributed by atoms with Gasteiger partial charge in [0.2, 0.25) is 0 Å². The van der Waals surface area contributed by atoms with Crippen LogP contribution < -0.4 is 11.1 Å². The van der Waals surface area contributed by atoms with E-state index in [0.717, 1.165) is 40.7 Å². The van der Waals surface area contributed by atoms with Crippen LogP contribution >= 0.6 is 11.3 Å². The normalized spacial score (nSPS) is 15.3. The zero-order valence-corrected chi connectivity index (χ0v) is 17.7. The fourth-order valence-electron chi connectivity index (χ4n) is 4.27. The number of fused-ring (bicyclic) bond motifs is 2. The Kier molecular flexibility index (Phi) is 4.89. The molecule has 0 fully saturated rings. The predicted octanol–water partition coefficient (Wildman–Crippen LogP) is 5.66. The lowest BCUT2D eigenvalue weighted by Crippen LogP contribution is -2.18. The minimum absolute atomic E-state index is 0.175. The Balaban J connectivity index is 1.44. The average Bonchev–Trinajstić information content (AvgIpc) is 3.27. The Bertz CT molecular complexity index is 1350. The first-order valence-electron chi connectivity index (χ1n) is 10.2. The van der Waals surface area contributed by atoms with Crippen LogP contribution in [-0.2, 0) is 6.42 Å². The maximum Gasteiger partial charge on any atom is 0.0991 e. The highest BCUT2D eigenvalue weighted by Crippen LogP contribution is 2.34. The number of nitriles is 1. The average molecular weight is 424 g/mol. The molecule has 1 aliphatic rings. The molecule has 1 heterocycles. The Morgan fingerprint density at radius 2 is 2.06 bits per heavy atom. The Morgan fingerprint density at radius 3 is 2.94 bits per heavy atom. The second-order valence-corrected chi connectivity index (χ2v) is 8.71. The van der Waals surface area contributed by atoms with Crippen molar-refractivity contribution in [1.29, 1.82) is 10.7 Å². The molecule has 31 heavy (non-hydrogen) atoms. The molecular formula is C25H21N5S. The zero-order valence-electron chi connectivity index (χ0n) is 16.9. The van der Waals surface area contributed by atoms with Gasteiger partial charge in [0.25, 0.3) is 0 Å². The number of thiazole rings is 1. The highest BCUT2D eigenvalue weighted by Gasteiger charge is 2.21. The van der Waals surface area contributed by atoms with Gasteiger partial charge in [-0.2, -0.15) is 5.26 Å². The van der Waals surface area contributed by atoms with E-state index in [0.29, 0.717) is 22.5 Å². The number of nitrogens with one attached hydrogen (secondary N) is 2. The number of aromatic nitrogens is 1. The number of rotatable bonds is 4. The van der Waals surface area contributed by atoms with Crippen molar-refractivity contribution >= 4 is 38.6 Å². The summed E-state index contributed by atoms with van der Waals surface area (Å²) in [6.45, 7) is 0. The first-order valence-corrected chi connectivity index (χ1v) is 11.1. The molecule has 0 bridgehead atoms. The minimum Gasteiger partial charge on any atom is -0.398 e. The van der Waals surface area contributed by atoms with Gasteiger partial charge in [0.05, 0.1) is 39.1 Å². The van der Waals surface area contributed by atoms with Gasteiger partial charge >= 0.3 is 0 Å². The number of nitrogens with two attached hydrogens (primary N) is 1. The van der Waals surface area contributed by atoms with Gasteiger partial charge in [-0.15, -0.1) is 11.3 Å². The van der Waals surface area contributed by atoms with E-state index in [-0.39, 0.29) is 6.04 Å². The summed E-state index contributed by atoms with van der Waals surface area (Å²) in [6, 6.07) is 20.0. The molecule has 1 aliphatic carbocycles. The summed E-state index contributed by atoms with van der Waals surface area (Å²) in [4.78, 5) is 4.36. The maximum atomic E-state index is 9.19. The molecule has 0 amide bonds. The molecule has 3 aromatic carbocycles. The molecule has 5 nitrogen and oxygen atoms in total. The van der Waals surface area contributed by atoms with Crippen LogP contribution in [0.2, 0.25) is 0 Å². The van der Waals surface area contributed by atoms with Crippen LogP contribution in [0.1, 0.15) is 46.7 Å². The van der Waals surface area contributed by atoms with Gasteiger partial charge in [-0.1, -0.05) is 12.1 Å². The Morgan fingerprint density at radius 1 is 1.16 bits per heavy atom. The molecule has 0 radical (unpaired) electrons. The van der Waals surface area contributed by atoms with Crippen LogP contribution in [0.3, 0.4) is 0 Å². The van der Waals surface area contributed by atoms with Gasteiger partial charge in [-0.05, 0) is 72.9 Å². The summed E-state index contributed by atoms with van der Waals surface area (Å²) >= 11 is 1.59. The second-order valence-electron chi connectivity index (χ2n) is 7.83. The Labute approximate surface area is 184 Å². The highest BCUT2D eigenvalue weighted by atomic mass is 32.1. The van der Waals surface area contributed by atoms with Gasteiger partial charge in [-0.3, -0.25) is 5.41 Å². The second kappa shape index (κ2) is 7.86. The molecule has 0 aliphatic heterocycles. The molecule has 1 atom stereocenters. The van der Waals surface area contributed by atoms with Gasteiger partial charge in [0.15, 0.2) is 0 Å². The number of nitrogen functional groups attached to an aromatic ring is 1. The van der Waals surface area contributed by atoms with E-state index >= 15 is 0 Å². The van der Waals surface area contributed by atoms with Crippen LogP contribution in [0.25, 0.3) is 10.2 Å². The van der Waals surface area contributed by atoms with Gasteiger partial charge in [-0.25, -0.2) is 4.98 Å². The van der Waals surface area contributed by atoms with E-state index in [1.54, 1.807) is 11.3 Å². The van der Waals surface area contributed by atoms with Crippen molar-refractivity contribution in [3.63, 3.8) is 0 Å². The van der Waals surface area contributed by atoms with Gasteiger partial charge < -0.3 is 11.1 Å². The van der Waals surface area contributed by atoms with E-state index in [4.69, 9.17) is 11.1 Å². The van der Waals surface area contributed by atoms with Crippen molar-refractivity contribution < 1.29 is 0 Å². The standard InChI is InChI=1S/C25H21N5S/c26-13-15-4-7-19-16(10-15)2-1-3-22(19)30-18-6-8-21(27)20(12-18)25(28)17-5-9-24-23(11-17)29-14-31-24/h4-12,14,22,28,30H,1-3,27H2. The molecular weight excluding hydrogens is 402 g/mol. The fourth-order valence-corrected chi connectivity index (χ4v) is 4.93. The summed E-state index contributed by atoms with van der Waals surface area (Å²) < 4.78 is 1.11. The van der Waals surface area contributed by atoms with Crippen molar-refractivity contribution in [2.45, 2.75) is 25.3 Å². The molecule has 1 unspecified atom stereocenters. The van der Waals surface area contributed by atoms with E-state index in [9.17, 15) is 5.26 Å². The van der Waals surface area contributed by atoms with E-state index in [1.165, 1.54) is 11.1 Å². The first kappa shape index (κ1) is 19.3. The lowest BCUT2D eigenvalue weighted by Gasteiger charge is -2.27. The number of benzene rings is 3. The van der Waals surface area contributed by atoms with Crippen molar-refractivity contribution in [3.8, 4) is 6.07 Å². The number of hydrogen-bond acceptors (Lipinski definition) is 6. The third-order valence-corrected chi connectivity index (χ3v) is 6.68. The summed E-state index contributed by atoms with van der Waals surface area (Å²) in [5, 5.41) is 21.6. The molecule has 4 aromatic rings. The van der Waals surface area contributed by atoms with Gasteiger partial charge in [0.1, 0.15) is 0 Å². The molecule has 5 rings (SSSR count). The molecule has 0 spiro atoms. The fraction of sp³-hybridized carbons (Fsp3) is 0.160. The molecule has 1 aromatic heterocycles. The van der Waals surface area contributed by atoms with Gasteiger partial charge in [0, 0.05) is 22.5 Å². The summed E-state index contributed by atoms with van der Waals surface area (Å²) in [7, 11) is 0. The van der Waals surface area contributed by atoms with Crippen molar-refractivity contribution in [2.24, 2.45) is 0 Å². The third-order valence-electron chi connectivity index (χ3n) is 5.87. The van der Waals surface area contributed by atoms with Crippen molar-refractivity contribution in [2.75, 3.05) is 11.1 Å². The van der Waals surface area contributed by atoms with Crippen molar-refractivity contribution in [1.82, 2.24) is 4.98 Å². The van der Waals surface area contributed by atoms with Crippen molar-refractivity contribution in [3.05, 3.63) is 87.9 Å². The molecule has 0 saturated heterocycles. The predicted molar refractivity (Wildman–Crippen MR) is 127 cm³/mol. The SMILES string of the molecule is N#Cc1ccc2c(c1)CCCC2Nc1ccc(N)c(C(=N)c2ccc3scnc3c2)c1. The summed E-state index contributed by atoms with van der Waals surface area (Å²) in [5.74, 6) is 0. The zero-order chi connectivity index (χ0) is 21.4. The Hall–Kier alpha value is -3.69. The molecule has 4 N–H and O–H groups in total. The largest absolute Gasteiger partial charge is 0.398 e. The number of anilines is 2. The number of nitrogens with zero attached hydrogens (tertiary/aromatic N) is 2. The topological polar surface area (TPSA) is 98.6 Å². The van der Waals surface area contributed by atoms with Crippen LogP contribution in [0, 0.1) is 16.7 Å². The van der Waals surface area contributed by atoms with Crippen LogP contribution in [-0.4, -0.2) is 10.7 Å². The number of hydrogen-bond donors (Lipinski definition) is 3. The minimum atomic E-state index is 0.175. The molecule has 0 saturated carbocycles. The van der Waals surface area contributed by atoms with E-state index in [2.05, 4.69) is 22.4 Å². The maximum absolute atomic E-state index is 9.19. The van der Waals surface area contributed by atoms with E-state index in [1.807, 2.05) is 54.0 Å². The monoisotopic (exact) mass is 423 g/mol. The van der Waals surface area contributed by atoms with E-state index < -0.39 is 0 Å².